The van der Waals surface area contributed by atoms with E-state index in [4.69, 9.17) is 11.6 Å². The minimum Gasteiger partial charge on any atom is -0.375 e. The zero-order valence-electron chi connectivity index (χ0n) is 15.8. The first-order chi connectivity index (χ1) is 13.0. The minimum atomic E-state index is -0.0568. The second kappa shape index (κ2) is 5.95. The van der Waals surface area contributed by atoms with E-state index in [1.165, 1.54) is 29.6 Å². The number of nitrogens with zero attached hydrogens (tertiary/aromatic N) is 2. The van der Waals surface area contributed by atoms with Gasteiger partial charge in [0.1, 0.15) is 0 Å². The van der Waals surface area contributed by atoms with Gasteiger partial charge in [-0.2, -0.15) is 0 Å². The van der Waals surface area contributed by atoms with Crippen LogP contribution in [0.1, 0.15) is 24.0 Å². The van der Waals surface area contributed by atoms with Gasteiger partial charge in [-0.25, -0.2) is 0 Å². The van der Waals surface area contributed by atoms with Gasteiger partial charge in [-0.3, -0.25) is 4.98 Å². The molecular formula is C23H24ClN3. The summed E-state index contributed by atoms with van der Waals surface area (Å²) in [6.45, 7) is 4.52. The first-order valence-electron chi connectivity index (χ1n) is 9.56. The van der Waals surface area contributed by atoms with Crippen molar-refractivity contribution in [3.05, 3.63) is 70.9 Å². The number of fused-ring (bicyclic) bond motifs is 1. The number of benzene rings is 2. The first kappa shape index (κ1) is 17.0. The Labute approximate surface area is 165 Å². The van der Waals surface area contributed by atoms with Crippen molar-refractivity contribution in [2.75, 3.05) is 25.5 Å². The van der Waals surface area contributed by atoms with Gasteiger partial charge >= 0.3 is 0 Å². The summed E-state index contributed by atoms with van der Waals surface area (Å²) in [6.07, 6.45) is 4.14. The number of halogens is 1. The molecule has 1 spiro atoms. The minimum absolute atomic E-state index is 0.0568. The van der Waals surface area contributed by atoms with Crippen molar-refractivity contribution in [3.8, 4) is 0 Å². The van der Waals surface area contributed by atoms with E-state index in [9.17, 15) is 0 Å². The largest absolute Gasteiger partial charge is 0.375 e. The van der Waals surface area contributed by atoms with Crippen molar-refractivity contribution in [3.63, 3.8) is 0 Å². The molecule has 0 atom stereocenters. The Hall–Kier alpha value is -2.10. The Bertz CT molecular complexity index is 1020. The molecule has 138 valence electrons. The van der Waals surface area contributed by atoms with Gasteiger partial charge in [0.25, 0.3) is 0 Å². The quantitative estimate of drug-likeness (QED) is 0.677. The summed E-state index contributed by atoms with van der Waals surface area (Å²) in [4.78, 5) is 6.93. The molecular weight excluding hydrogens is 354 g/mol. The molecule has 4 heteroatoms. The average molecular weight is 378 g/mol. The number of likely N-dealkylation sites (tertiary alicyclic amines) is 1. The second-order valence-electron chi connectivity index (χ2n) is 8.56. The van der Waals surface area contributed by atoms with Gasteiger partial charge in [0.2, 0.25) is 0 Å². The van der Waals surface area contributed by atoms with Crippen LogP contribution in [0, 0.1) is 12.3 Å². The van der Waals surface area contributed by atoms with Crippen molar-refractivity contribution >= 4 is 28.2 Å². The van der Waals surface area contributed by atoms with Crippen LogP contribution in [0.2, 0.25) is 5.02 Å². The molecule has 1 saturated carbocycles. The Morgan fingerprint density at radius 3 is 2.67 bits per heavy atom. The van der Waals surface area contributed by atoms with Crippen LogP contribution < -0.4 is 5.32 Å². The van der Waals surface area contributed by atoms with Crippen molar-refractivity contribution < 1.29 is 0 Å². The standard InChI is InChI=1S/C23H24ClN3/c1-16-19(6-3-7-20(16)24)23(12-22(13-23)14-27(2)15-22)26-18-9-8-17-5-4-10-25-21(17)11-18/h3-11,26H,12-15H2,1-2H3. The predicted molar refractivity (Wildman–Crippen MR) is 112 cm³/mol. The number of pyridine rings is 1. The predicted octanol–water partition coefficient (Wildman–Crippen LogP) is 5.23. The number of hydrogen-bond donors (Lipinski definition) is 1. The van der Waals surface area contributed by atoms with E-state index < -0.39 is 0 Å². The maximum absolute atomic E-state index is 6.48. The molecule has 27 heavy (non-hydrogen) atoms. The molecule has 5 rings (SSSR count). The Morgan fingerprint density at radius 1 is 1.07 bits per heavy atom. The Balaban J connectivity index is 1.53. The molecule has 0 radical (unpaired) electrons. The van der Waals surface area contributed by atoms with Crippen LogP contribution >= 0.6 is 11.6 Å². The smallest absolute Gasteiger partial charge is 0.0722 e. The lowest BCUT2D eigenvalue weighted by molar-refractivity contribution is -0.0893. The summed E-state index contributed by atoms with van der Waals surface area (Å²) in [5.41, 5.74) is 5.06. The van der Waals surface area contributed by atoms with E-state index in [-0.39, 0.29) is 5.54 Å². The summed E-state index contributed by atoms with van der Waals surface area (Å²) in [5.74, 6) is 0. The lowest BCUT2D eigenvalue weighted by Crippen LogP contribution is -2.67. The fourth-order valence-corrected chi connectivity index (χ4v) is 5.62. The summed E-state index contributed by atoms with van der Waals surface area (Å²) < 4.78 is 0. The molecule has 2 aromatic carbocycles. The van der Waals surface area contributed by atoms with Crippen molar-refractivity contribution in [1.29, 1.82) is 0 Å². The van der Waals surface area contributed by atoms with E-state index in [1.807, 2.05) is 18.3 Å². The summed E-state index contributed by atoms with van der Waals surface area (Å²) in [7, 11) is 2.21. The monoisotopic (exact) mass is 377 g/mol. The van der Waals surface area contributed by atoms with Gasteiger partial charge in [0.05, 0.1) is 11.1 Å². The third-order valence-corrected chi connectivity index (χ3v) is 6.75. The molecule has 0 unspecified atom stereocenters. The molecule has 0 amide bonds. The molecule has 2 aliphatic rings. The zero-order chi connectivity index (χ0) is 18.6. The maximum Gasteiger partial charge on any atom is 0.0722 e. The van der Waals surface area contributed by atoms with E-state index in [0.29, 0.717) is 5.41 Å². The van der Waals surface area contributed by atoms with E-state index in [1.54, 1.807) is 0 Å². The second-order valence-corrected chi connectivity index (χ2v) is 8.96. The van der Waals surface area contributed by atoms with Crippen LogP contribution in [0.25, 0.3) is 10.9 Å². The molecule has 3 aromatic rings. The van der Waals surface area contributed by atoms with Gasteiger partial charge in [-0.1, -0.05) is 35.9 Å². The van der Waals surface area contributed by atoms with Crippen LogP contribution in [0.15, 0.2) is 54.7 Å². The third-order valence-electron chi connectivity index (χ3n) is 6.34. The normalized spacial score (nSPS) is 20.3. The number of nitrogens with one attached hydrogen (secondary N) is 1. The van der Waals surface area contributed by atoms with E-state index in [2.05, 4.69) is 65.6 Å². The number of rotatable bonds is 3. The summed E-state index contributed by atoms with van der Waals surface area (Å²) >= 11 is 6.48. The molecule has 2 fully saturated rings. The molecule has 1 aliphatic heterocycles. The molecule has 1 aromatic heterocycles. The topological polar surface area (TPSA) is 28.2 Å². The molecule has 1 saturated heterocycles. The fourth-order valence-electron chi connectivity index (χ4n) is 5.44. The van der Waals surface area contributed by atoms with Crippen LogP contribution in [0.3, 0.4) is 0 Å². The highest BCUT2D eigenvalue weighted by Gasteiger charge is 2.60. The number of hydrogen-bond acceptors (Lipinski definition) is 3. The zero-order valence-corrected chi connectivity index (χ0v) is 16.6. The molecule has 0 bridgehead atoms. The van der Waals surface area contributed by atoms with Crippen LogP contribution in [-0.2, 0) is 5.54 Å². The van der Waals surface area contributed by atoms with Gasteiger partial charge < -0.3 is 10.2 Å². The SMILES string of the molecule is Cc1c(Cl)cccc1C1(Nc2ccc3cccnc3c2)CC2(CN(C)C2)C1. The maximum atomic E-state index is 6.48. The molecule has 3 nitrogen and oxygen atoms in total. The van der Waals surface area contributed by atoms with E-state index in [0.717, 1.165) is 29.1 Å². The van der Waals surface area contributed by atoms with E-state index >= 15 is 0 Å². The summed E-state index contributed by atoms with van der Waals surface area (Å²) in [5, 5.41) is 5.91. The van der Waals surface area contributed by atoms with Crippen molar-refractivity contribution in [1.82, 2.24) is 9.88 Å². The van der Waals surface area contributed by atoms with Gasteiger partial charge in [0.15, 0.2) is 0 Å². The fraction of sp³-hybridized carbons (Fsp3) is 0.348. The first-order valence-corrected chi connectivity index (χ1v) is 9.94. The number of anilines is 1. The number of aromatic nitrogens is 1. The lowest BCUT2D eigenvalue weighted by atomic mass is 9.51. The highest BCUT2D eigenvalue weighted by atomic mass is 35.5. The lowest BCUT2D eigenvalue weighted by Gasteiger charge is -2.64. The van der Waals surface area contributed by atoms with Crippen LogP contribution in [0.5, 0.6) is 0 Å². The van der Waals surface area contributed by atoms with Gasteiger partial charge in [-0.05, 0) is 62.2 Å². The Morgan fingerprint density at radius 2 is 1.89 bits per heavy atom. The third kappa shape index (κ3) is 2.72. The summed E-state index contributed by atoms with van der Waals surface area (Å²) in [6, 6.07) is 16.9. The van der Waals surface area contributed by atoms with Gasteiger partial charge in [0, 0.05) is 40.8 Å². The average Bonchev–Trinajstić information content (AvgIpc) is 2.61. The highest BCUT2D eigenvalue weighted by Crippen LogP contribution is 2.60. The van der Waals surface area contributed by atoms with Crippen molar-refractivity contribution in [2.45, 2.75) is 25.3 Å². The highest BCUT2D eigenvalue weighted by molar-refractivity contribution is 6.31. The van der Waals surface area contributed by atoms with Crippen molar-refractivity contribution in [2.24, 2.45) is 5.41 Å². The Kier molecular flexibility index (Phi) is 3.75. The molecule has 1 aliphatic carbocycles. The molecule has 1 N–H and O–H groups in total. The van der Waals surface area contributed by atoms with Crippen LogP contribution in [-0.4, -0.2) is 30.0 Å². The van der Waals surface area contributed by atoms with Crippen LogP contribution in [0.4, 0.5) is 5.69 Å². The van der Waals surface area contributed by atoms with Gasteiger partial charge in [-0.15, -0.1) is 0 Å². The molecule has 2 heterocycles.